The maximum Gasteiger partial charge on any atom is 0.316 e. The van der Waals surface area contributed by atoms with E-state index in [0.717, 1.165) is 23.7 Å². The molecule has 1 saturated carbocycles. The summed E-state index contributed by atoms with van der Waals surface area (Å²) in [6.45, 7) is 0. The molecule has 15 heavy (non-hydrogen) atoms. The van der Waals surface area contributed by atoms with Gasteiger partial charge in [-0.3, -0.25) is 4.79 Å². The van der Waals surface area contributed by atoms with Crippen LogP contribution in [0.15, 0.2) is 24.3 Å². The van der Waals surface area contributed by atoms with E-state index in [0.29, 0.717) is 0 Å². The minimum Gasteiger partial charge on any atom is -0.468 e. The van der Waals surface area contributed by atoms with Gasteiger partial charge in [-0.2, -0.15) is 0 Å². The Balaban J connectivity index is 2.26. The van der Waals surface area contributed by atoms with E-state index in [9.17, 15) is 4.79 Å². The molecule has 80 valence electrons. The highest BCUT2D eigenvalue weighted by molar-refractivity contribution is 9.08. The van der Waals surface area contributed by atoms with Gasteiger partial charge in [0.2, 0.25) is 0 Å². The third kappa shape index (κ3) is 1.81. The number of methoxy groups -OCH3 is 1. The molecule has 2 nitrogen and oxygen atoms in total. The van der Waals surface area contributed by atoms with Crippen LogP contribution in [0.2, 0.25) is 0 Å². The van der Waals surface area contributed by atoms with Crippen molar-refractivity contribution in [3.05, 3.63) is 35.4 Å². The summed E-state index contributed by atoms with van der Waals surface area (Å²) >= 11 is 3.40. The fourth-order valence-corrected chi connectivity index (χ4v) is 2.22. The number of esters is 1. The third-order valence-electron chi connectivity index (χ3n) is 2.99. The van der Waals surface area contributed by atoms with Gasteiger partial charge in [0, 0.05) is 5.33 Å². The summed E-state index contributed by atoms with van der Waals surface area (Å²) in [5, 5.41) is 0.846. The maximum absolute atomic E-state index is 11.6. The van der Waals surface area contributed by atoms with Crippen molar-refractivity contribution >= 4 is 21.9 Å². The van der Waals surface area contributed by atoms with Gasteiger partial charge in [-0.05, 0) is 24.0 Å². The number of benzene rings is 1. The van der Waals surface area contributed by atoms with E-state index in [1.807, 2.05) is 24.3 Å². The van der Waals surface area contributed by atoms with Gasteiger partial charge in [0.25, 0.3) is 0 Å². The van der Waals surface area contributed by atoms with Crippen LogP contribution in [0.5, 0.6) is 0 Å². The monoisotopic (exact) mass is 268 g/mol. The number of carbonyl (C=O) groups is 1. The first-order valence-electron chi connectivity index (χ1n) is 4.97. The van der Waals surface area contributed by atoms with Crippen molar-refractivity contribution in [3.8, 4) is 0 Å². The molecular weight excluding hydrogens is 256 g/mol. The quantitative estimate of drug-likeness (QED) is 0.623. The van der Waals surface area contributed by atoms with E-state index in [-0.39, 0.29) is 11.4 Å². The number of hydrogen-bond donors (Lipinski definition) is 0. The highest BCUT2D eigenvalue weighted by Gasteiger charge is 2.52. The summed E-state index contributed by atoms with van der Waals surface area (Å²) in [5.41, 5.74) is 1.97. The Labute approximate surface area is 97.8 Å². The molecule has 0 aliphatic heterocycles. The minimum atomic E-state index is -0.334. The zero-order chi connectivity index (χ0) is 10.9. The molecule has 3 heteroatoms. The summed E-state index contributed by atoms with van der Waals surface area (Å²) in [5.74, 6) is -0.103. The average molecular weight is 269 g/mol. The van der Waals surface area contributed by atoms with Gasteiger partial charge >= 0.3 is 5.97 Å². The van der Waals surface area contributed by atoms with E-state index in [1.165, 1.54) is 12.7 Å². The molecule has 0 radical (unpaired) electrons. The molecule has 0 N–H and O–H groups in total. The normalized spacial score (nSPS) is 17.2. The maximum atomic E-state index is 11.6. The lowest BCUT2D eigenvalue weighted by Gasteiger charge is -2.12. The van der Waals surface area contributed by atoms with Gasteiger partial charge in [0.1, 0.15) is 0 Å². The lowest BCUT2D eigenvalue weighted by molar-refractivity contribution is -0.143. The minimum absolute atomic E-state index is 0.103. The lowest BCUT2D eigenvalue weighted by atomic mass is 9.95. The predicted molar refractivity (Wildman–Crippen MR) is 62.0 cm³/mol. The second-order valence-electron chi connectivity index (χ2n) is 3.90. The van der Waals surface area contributed by atoms with Crippen LogP contribution in [0.3, 0.4) is 0 Å². The molecule has 1 aliphatic rings. The average Bonchev–Trinajstić information content (AvgIpc) is 3.09. The van der Waals surface area contributed by atoms with Gasteiger partial charge in [-0.1, -0.05) is 40.2 Å². The summed E-state index contributed by atoms with van der Waals surface area (Å²) in [7, 11) is 1.45. The van der Waals surface area contributed by atoms with E-state index in [2.05, 4.69) is 15.9 Å². The van der Waals surface area contributed by atoms with Crippen molar-refractivity contribution in [2.45, 2.75) is 23.6 Å². The molecule has 0 amide bonds. The van der Waals surface area contributed by atoms with E-state index in [4.69, 9.17) is 4.74 Å². The van der Waals surface area contributed by atoms with Crippen molar-refractivity contribution in [2.24, 2.45) is 0 Å². The number of alkyl halides is 1. The van der Waals surface area contributed by atoms with Crippen LogP contribution in [0.25, 0.3) is 0 Å². The van der Waals surface area contributed by atoms with Crippen molar-refractivity contribution in [2.75, 3.05) is 7.11 Å². The first kappa shape index (κ1) is 10.7. The molecule has 1 aromatic carbocycles. The molecule has 1 aliphatic carbocycles. The van der Waals surface area contributed by atoms with Crippen molar-refractivity contribution in [1.29, 1.82) is 0 Å². The molecule has 0 saturated heterocycles. The Morgan fingerprint density at radius 2 is 2.00 bits per heavy atom. The van der Waals surface area contributed by atoms with Crippen LogP contribution in [0.4, 0.5) is 0 Å². The van der Waals surface area contributed by atoms with E-state index < -0.39 is 0 Å². The topological polar surface area (TPSA) is 26.3 Å². The first-order valence-corrected chi connectivity index (χ1v) is 6.09. The molecule has 2 rings (SSSR count). The molecule has 0 aromatic heterocycles. The second-order valence-corrected chi connectivity index (χ2v) is 4.46. The summed E-state index contributed by atoms with van der Waals surface area (Å²) < 4.78 is 4.84. The number of hydrogen-bond acceptors (Lipinski definition) is 2. The Morgan fingerprint density at radius 3 is 2.40 bits per heavy atom. The van der Waals surface area contributed by atoms with E-state index >= 15 is 0 Å². The van der Waals surface area contributed by atoms with Crippen molar-refractivity contribution < 1.29 is 9.53 Å². The molecular formula is C12H13BrO2. The molecule has 0 unspecified atom stereocenters. The fourth-order valence-electron chi connectivity index (χ4n) is 1.84. The zero-order valence-corrected chi connectivity index (χ0v) is 10.2. The largest absolute Gasteiger partial charge is 0.468 e. The van der Waals surface area contributed by atoms with Gasteiger partial charge in [0.15, 0.2) is 0 Å². The number of halogens is 1. The van der Waals surface area contributed by atoms with E-state index in [1.54, 1.807) is 0 Å². The van der Waals surface area contributed by atoms with Crippen LogP contribution in [0, 0.1) is 0 Å². The number of rotatable bonds is 3. The van der Waals surface area contributed by atoms with Crippen LogP contribution in [-0.4, -0.2) is 13.1 Å². The second kappa shape index (κ2) is 3.97. The Morgan fingerprint density at radius 1 is 1.40 bits per heavy atom. The van der Waals surface area contributed by atoms with Gasteiger partial charge in [-0.25, -0.2) is 0 Å². The van der Waals surface area contributed by atoms with Crippen LogP contribution < -0.4 is 0 Å². The Hall–Kier alpha value is -0.830. The summed E-state index contributed by atoms with van der Waals surface area (Å²) in [4.78, 5) is 11.6. The highest BCUT2D eigenvalue weighted by atomic mass is 79.9. The van der Waals surface area contributed by atoms with Crippen LogP contribution >= 0.6 is 15.9 Å². The summed E-state index contributed by atoms with van der Waals surface area (Å²) in [6, 6.07) is 8.15. The lowest BCUT2D eigenvalue weighted by Crippen LogP contribution is -2.21. The van der Waals surface area contributed by atoms with Crippen molar-refractivity contribution in [1.82, 2.24) is 0 Å². The number of carbonyl (C=O) groups excluding carboxylic acids is 1. The predicted octanol–water partition coefficient (Wildman–Crippen LogP) is 2.79. The van der Waals surface area contributed by atoms with Gasteiger partial charge < -0.3 is 4.74 Å². The Bertz CT molecular complexity index is 366. The highest BCUT2D eigenvalue weighted by Crippen LogP contribution is 2.49. The van der Waals surface area contributed by atoms with Gasteiger partial charge in [0.05, 0.1) is 12.5 Å². The first-order chi connectivity index (χ1) is 7.23. The third-order valence-corrected chi connectivity index (χ3v) is 3.63. The van der Waals surface area contributed by atoms with Crippen LogP contribution in [-0.2, 0) is 20.3 Å². The molecule has 1 aromatic rings. The SMILES string of the molecule is COC(=O)C1(c2ccc(CBr)cc2)CC1. The molecule has 0 spiro atoms. The standard InChI is InChI=1S/C12H13BrO2/c1-15-11(14)12(6-7-12)10-4-2-9(8-13)3-5-10/h2-5H,6-8H2,1H3. The fraction of sp³-hybridized carbons (Fsp3) is 0.417. The van der Waals surface area contributed by atoms with Gasteiger partial charge in [-0.15, -0.1) is 0 Å². The molecule has 1 fully saturated rings. The van der Waals surface area contributed by atoms with Crippen LogP contribution in [0.1, 0.15) is 24.0 Å². The van der Waals surface area contributed by atoms with Crippen molar-refractivity contribution in [3.63, 3.8) is 0 Å². The molecule has 0 bridgehead atoms. The molecule has 0 atom stereocenters. The summed E-state index contributed by atoms with van der Waals surface area (Å²) in [6.07, 6.45) is 1.82. The zero-order valence-electron chi connectivity index (χ0n) is 8.63. The smallest absolute Gasteiger partial charge is 0.316 e. The molecule has 0 heterocycles. The Kier molecular flexibility index (Phi) is 2.83. The number of ether oxygens (including phenoxy) is 1.